The van der Waals surface area contributed by atoms with Gasteiger partial charge in [-0.1, -0.05) is 18.2 Å². The standard InChI is InChI=1S/C22H25F2NO4/c23-18-4-2-1-3-17(18)13-29-12-15-7-9-22(28,10-8-15)14-25-21(27)16-5-6-20(26)19(24)11-16/h1-6,11,15,26,28H,7-10,12-14H2,(H,25,27). The minimum atomic E-state index is -1.02. The lowest BCUT2D eigenvalue weighted by molar-refractivity contribution is -0.0240. The van der Waals surface area contributed by atoms with Gasteiger partial charge in [0, 0.05) is 24.3 Å². The molecule has 156 valence electrons. The van der Waals surface area contributed by atoms with Crippen LogP contribution in [0, 0.1) is 17.6 Å². The fourth-order valence-electron chi connectivity index (χ4n) is 3.50. The number of benzene rings is 2. The molecular formula is C22H25F2NO4. The lowest BCUT2D eigenvalue weighted by Gasteiger charge is -2.36. The molecule has 1 aliphatic carbocycles. The van der Waals surface area contributed by atoms with E-state index in [9.17, 15) is 23.8 Å². The highest BCUT2D eigenvalue weighted by molar-refractivity contribution is 5.94. The molecule has 0 bridgehead atoms. The van der Waals surface area contributed by atoms with Crippen LogP contribution in [0.5, 0.6) is 5.75 Å². The summed E-state index contributed by atoms with van der Waals surface area (Å²) in [4.78, 5) is 12.1. The maximum absolute atomic E-state index is 13.6. The van der Waals surface area contributed by atoms with Crippen molar-refractivity contribution in [3.63, 3.8) is 0 Å². The van der Waals surface area contributed by atoms with Gasteiger partial charge in [-0.15, -0.1) is 0 Å². The van der Waals surface area contributed by atoms with Gasteiger partial charge in [0.15, 0.2) is 11.6 Å². The Morgan fingerprint density at radius 1 is 1.14 bits per heavy atom. The zero-order chi connectivity index (χ0) is 20.9. The fraction of sp³-hybridized carbons (Fsp3) is 0.409. The van der Waals surface area contributed by atoms with Crippen LogP contribution >= 0.6 is 0 Å². The third kappa shape index (κ3) is 5.74. The molecule has 3 rings (SSSR count). The van der Waals surface area contributed by atoms with Crippen LogP contribution in [0.3, 0.4) is 0 Å². The summed E-state index contributed by atoms with van der Waals surface area (Å²) in [6.45, 7) is 0.771. The number of hydrogen-bond donors (Lipinski definition) is 3. The number of rotatable bonds is 7. The van der Waals surface area contributed by atoms with Gasteiger partial charge in [-0.3, -0.25) is 4.79 Å². The number of aromatic hydroxyl groups is 1. The highest BCUT2D eigenvalue weighted by Crippen LogP contribution is 2.32. The van der Waals surface area contributed by atoms with Crippen LogP contribution in [0.15, 0.2) is 42.5 Å². The van der Waals surface area contributed by atoms with Crippen molar-refractivity contribution >= 4 is 5.91 Å². The number of carbonyl (C=O) groups excluding carboxylic acids is 1. The van der Waals surface area contributed by atoms with Crippen molar-refractivity contribution in [1.29, 1.82) is 0 Å². The van der Waals surface area contributed by atoms with Gasteiger partial charge in [-0.05, 0) is 55.9 Å². The Bertz CT molecular complexity index is 850. The number of phenolic OH excluding ortho intramolecular Hbond substituents is 1. The third-order valence-corrected chi connectivity index (χ3v) is 5.39. The molecule has 0 aromatic heterocycles. The van der Waals surface area contributed by atoms with Crippen molar-refractivity contribution in [2.24, 2.45) is 5.92 Å². The number of nitrogens with one attached hydrogen (secondary N) is 1. The zero-order valence-electron chi connectivity index (χ0n) is 16.0. The monoisotopic (exact) mass is 405 g/mol. The van der Waals surface area contributed by atoms with Crippen molar-refractivity contribution in [1.82, 2.24) is 5.32 Å². The lowest BCUT2D eigenvalue weighted by Crippen LogP contribution is -2.45. The highest BCUT2D eigenvalue weighted by atomic mass is 19.1. The Hall–Kier alpha value is -2.51. The molecule has 3 N–H and O–H groups in total. The molecule has 0 aliphatic heterocycles. The Morgan fingerprint density at radius 3 is 2.55 bits per heavy atom. The summed E-state index contributed by atoms with van der Waals surface area (Å²) in [5.74, 6) is -1.91. The predicted molar refractivity (Wildman–Crippen MR) is 103 cm³/mol. The van der Waals surface area contributed by atoms with Gasteiger partial charge in [-0.25, -0.2) is 8.78 Å². The fourth-order valence-corrected chi connectivity index (χ4v) is 3.50. The third-order valence-electron chi connectivity index (χ3n) is 5.39. The SMILES string of the molecule is O=C(NCC1(O)CCC(COCc2ccccc2F)CC1)c1ccc(O)c(F)c1. The average molecular weight is 405 g/mol. The normalized spacial score (nSPS) is 21.7. The quantitative estimate of drug-likeness (QED) is 0.658. The maximum atomic E-state index is 13.6. The van der Waals surface area contributed by atoms with Crippen molar-refractivity contribution in [2.75, 3.05) is 13.2 Å². The molecule has 1 amide bonds. The van der Waals surface area contributed by atoms with Crippen LogP contribution in [0.4, 0.5) is 8.78 Å². The van der Waals surface area contributed by atoms with Gasteiger partial charge in [-0.2, -0.15) is 0 Å². The molecule has 7 heteroatoms. The summed E-state index contributed by atoms with van der Waals surface area (Å²) < 4.78 is 32.6. The summed E-state index contributed by atoms with van der Waals surface area (Å²) in [6, 6.07) is 9.89. The lowest BCUT2D eigenvalue weighted by atomic mass is 9.79. The Morgan fingerprint density at radius 2 is 1.86 bits per heavy atom. The highest BCUT2D eigenvalue weighted by Gasteiger charge is 2.33. The molecule has 0 heterocycles. The number of phenols is 1. The molecular weight excluding hydrogens is 380 g/mol. The number of carbonyl (C=O) groups is 1. The molecule has 1 aliphatic rings. The smallest absolute Gasteiger partial charge is 0.251 e. The van der Waals surface area contributed by atoms with Gasteiger partial charge in [0.2, 0.25) is 0 Å². The van der Waals surface area contributed by atoms with Crippen molar-refractivity contribution < 1.29 is 28.5 Å². The van der Waals surface area contributed by atoms with E-state index in [1.807, 2.05) is 0 Å². The minimum Gasteiger partial charge on any atom is -0.505 e. The molecule has 0 spiro atoms. The summed E-state index contributed by atoms with van der Waals surface area (Å²) in [5, 5.41) is 22.5. The van der Waals surface area contributed by atoms with Crippen LogP contribution in [0.1, 0.15) is 41.6 Å². The number of halogens is 2. The molecule has 1 fully saturated rings. The van der Waals surface area contributed by atoms with Crippen LogP contribution in [0.25, 0.3) is 0 Å². The van der Waals surface area contributed by atoms with Crippen molar-refractivity contribution in [3.05, 3.63) is 65.2 Å². The van der Waals surface area contributed by atoms with E-state index in [-0.39, 0.29) is 30.5 Å². The molecule has 0 radical (unpaired) electrons. The van der Waals surface area contributed by atoms with E-state index in [0.29, 0.717) is 25.0 Å². The second-order valence-corrected chi connectivity index (χ2v) is 7.62. The van der Waals surface area contributed by atoms with Gasteiger partial charge in [0.05, 0.1) is 12.2 Å². The number of hydrogen-bond acceptors (Lipinski definition) is 4. The van der Waals surface area contributed by atoms with Gasteiger partial charge < -0.3 is 20.3 Å². The molecule has 5 nitrogen and oxygen atoms in total. The number of aliphatic hydroxyl groups is 1. The summed E-state index contributed by atoms with van der Waals surface area (Å²) in [7, 11) is 0. The van der Waals surface area contributed by atoms with E-state index in [2.05, 4.69) is 5.32 Å². The van der Waals surface area contributed by atoms with Crippen molar-refractivity contribution in [3.8, 4) is 5.75 Å². The number of ether oxygens (including phenoxy) is 1. The molecule has 0 atom stereocenters. The summed E-state index contributed by atoms with van der Waals surface area (Å²) >= 11 is 0. The van der Waals surface area contributed by atoms with Crippen LogP contribution in [-0.4, -0.2) is 34.9 Å². The maximum Gasteiger partial charge on any atom is 0.251 e. The van der Waals surface area contributed by atoms with E-state index < -0.39 is 23.1 Å². The number of amides is 1. The van der Waals surface area contributed by atoms with E-state index in [0.717, 1.165) is 25.0 Å². The van der Waals surface area contributed by atoms with E-state index in [4.69, 9.17) is 4.74 Å². The van der Waals surface area contributed by atoms with Gasteiger partial charge in [0.1, 0.15) is 5.82 Å². The largest absolute Gasteiger partial charge is 0.505 e. The molecule has 1 saturated carbocycles. The first kappa shape index (κ1) is 21.2. The van der Waals surface area contributed by atoms with Crippen LogP contribution < -0.4 is 5.32 Å². The molecule has 0 saturated heterocycles. The summed E-state index contributed by atoms with van der Waals surface area (Å²) in [6.07, 6.45) is 2.48. The van der Waals surface area contributed by atoms with Gasteiger partial charge in [0.25, 0.3) is 5.91 Å². The Labute approximate surface area is 168 Å². The predicted octanol–water partition coefficient (Wildman–Crippen LogP) is 3.54. The average Bonchev–Trinajstić information content (AvgIpc) is 2.71. The molecule has 2 aromatic rings. The minimum absolute atomic E-state index is 0.0666. The van der Waals surface area contributed by atoms with Crippen LogP contribution in [-0.2, 0) is 11.3 Å². The molecule has 0 unspecified atom stereocenters. The topological polar surface area (TPSA) is 78.8 Å². The Kier molecular flexibility index (Phi) is 6.82. The molecule has 29 heavy (non-hydrogen) atoms. The van der Waals surface area contributed by atoms with Crippen molar-refractivity contribution in [2.45, 2.75) is 37.9 Å². The zero-order valence-corrected chi connectivity index (χ0v) is 16.0. The summed E-state index contributed by atoms with van der Waals surface area (Å²) in [5.41, 5.74) is -0.417. The first-order valence-corrected chi connectivity index (χ1v) is 9.66. The molecule has 2 aromatic carbocycles. The Balaban J connectivity index is 1.41. The van der Waals surface area contributed by atoms with E-state index in [1.54, 1.807) is 18.2 Å². The van der Waals surface area contributed by atoms with Gasteiger partial charge >= 0.3 is 0 Å². The second kappa shape index (κ2) is 9.33. The van der Waals surface area contributed by atoms with E-state index >= 15 is 0 Å². The van der Waals surface area contributed by atoms with Crippen LogP contribution in [0.2, 0.25) is 0 Å². The first-order chi connectivity index (χ1) is 13.9. The second-order valence-electron chi connectivity index (χ2n) is 7.62. The first-order valence-electron chi connectivity index (χ1n) is 9.66. The van der Waals surface area contributed by atoms with E-state index in [1.165, 1.54) is 12.1 Å².